The molecule has 4 heteroatoms. The van der Waals surface area contributed by atoms with Crippen LogP contribution < -0.4 is 5.32 Å². The van der Waals surface area contributed by atoms with Crippen molar-refractivity contribution in [1.82, 2.24) is 10.2 Å². The van der Waals surface area contributed by atoms with Crippen molar-refractivity contribution >= 4 is 18.3 Å². The number of rotatable bonds is 3. The molecule has 1 aromatic rings. The van der Waals surface area contributed by atoms with Crippen molar-refractivity contribution in [3.05, 3.63) is 35.4 Å². The highest BCUT2D eigenvalue weighted by molar-refractivity contribution is 5.85. The maximum atomic E-state index is 12.7. The number of halogens is 1. The van der Waals surface area contributed by atoms with Gasteiger partial charge in [0.1, 0.15) is 0 Å². The van der Waals surface area contributed by atoms with Gasteiger partial charge in [-0.25, -0.2) is 0 Å². The summed E-state index contributed by atoms with van der Waals surface area (Å²) in [5.74, 6) is 0.979. The fourth-order valence-electron chi connectivity index (χ4n) is 3.90. The number of hydrogen-bond acceptors (Lipinski definition) is 2. The zero-order valence-corrected chi connectivity index (χ0v) is 14.4. The third-order valence-electron chi connectivity index (χ3n) is 5.21. The van der Waals surface area contributed by atoms with E-state index in [0.717, 1.165) is 12.3 Å². The second-order valence-corrected chi connectivity index (χ2v) is 6.73. The standard InChI is InChI=1S/C18H26N2O.ClH/c1-13-7-3-4-9-15(13)12-20(2)18(21)17-11-14-8-5-6-10-16(14)19-17;/h3-4,7,9,14,16-17,19H,5-6,8,10-12H2,1-2H3;1H. The van der Waals surface area contributed by atoms with Crippen LogP contribution in [0, 0.1) is 12.8 Å². The molecule has 3 unspecified atom stereocenters. The third-order valence-corrected chi connectivity index (χ3v) is 5.21. The molecule has 1 saturated heterocycles. The molecule has 1 aromatic carbocycles. The molecule has 1 heterocycles. The summed E-state index contributed by atoms with van der Waals surface area (Å²) in [5, 5.41) is 3.58. The van der Waals surface area contributed by atoms with Crippen LogP contribution in [0.4, 0.5) is 0 Å². The van der Waals surface area contributed by atoms with Crippen LogP contribution in [0.15, 0.2) is 24.3 Å². The van der Waals surface area contributed by atoms with E-state index in [1.54, 1.807) is 0 Å². The van der Waals surface area contributed by atoms with Gasteiger partial charge in [-0.05, 0) is 43.2 Å². The van der Waals surface area contributed by atoms with Crippen LogP contribution in [0.25, 0.3) is 0 Å². The zero-order valence-electron chi connectivity index (χ0n) is 13.5. The first-order valence-corrected chi connectivity index (χ1v) is 8.20. The van der Waals surface area contributed by atoms with Gasteiger partial charge in [0, 0.05) is 19.6 Å². The lowest BCUT2D eigenvalue weighted by atomic mass is 9.85. The predicted octanol–water partition coefficient (Wildman–Crippen LogP) is 3.30. The Labute approximate surface area is 139 Å². The molecule has 122 valence electrons. The molecule has 3 atom stereocenters. The summed E-state index contributed by atoms with van der Waals surface area (Å²) in [6.45, 7) is 2.81. The van der Waals surface area contributed by atoms with Gasteiger partial charge in [0.05, 0.1) is 6.04 Å². The summed E-state index contributed by atoms with van der Waals surface area (Å²) in [4.78, 5) is 14.6. The number of aryl methyl sites for hydroxylation is 1. The number of carbonyl (C=O) groups excluding carboxylic acids is 1. The molecule has 0 aromatic heterocycles. The van der Waals surface area contributed by atoms with Gasteiger partial charge in [0.15, 0.2) is 0 Å². The monoisotopic (exact) mass is 322 g/mol. The van der Waals surface area contributed by atoms with E-state index in [2.05, 4.69) is 24.4 Å². The van der Waals surface area contributed by atoms with Gasteiger partial charge < -0.3 is 10.2 Å². The largest absolute Gasteiger partial charge is 0.340 e. The number of benzene rings is 1. The summed E-state index contributed by atoms with van der Waals surface area (Å²) in [5.41, 5.74) is 2.49. The molecule has 2 aliphatic rings. The highest BCUT2D eigenvalue weighted by Gasteiger charge is 2.39. The Hall–Kier alpha value is -1.06. The van der Waals surface area contributed by atoms with Crippen LogP contribution in [0.1, 0.15) is 43.2 Å². The number of nitrogens with zero attached hydrogens (tertiary/aromatic N) is 1. The Morgan fingerprint density at radius 3 is 2.73 bits per heavy atom. The predicted molar refractivity (Wildman–Crippen MR) is 92.2 cm³/mol. The summed E-state index contributed by atoms with van der Waals surface area (Å²) < 4.78 is 0. The molecule has 22 heavy (non-hydrogen) atoms. The van der Waals surface area contributed by atoms with E-state index in [4.69, 9.17) is 0 Å². The lowest BCUT2D eigenvalue weighted by Gasteiger charge is -2.24. The average Bonchev–Trinajstić information content (AvgIpc) is 2.92. The van der Waals surface area contributed by atoms with Crippen LogP contribution >= 0.6 is 12.4 Å². The van der Waals surface area contributed by atoms with E-state index in [9.17, 15) is 4.79 Å². The summed E-state index contributed by atoms with van der Waals surface area (Å²) >= 11 is 0. The van der Waals surface area contributed by atoms with Gasteiger partial charge in [-0.1, -0.05) is 37.1 Å². The number of amides is 1. The summed E-state index contributed by atoms with van der Waals surface area (Å²) in [6, 6.07) is 8.93. The molecule has 3 rings (SSSR count). The third kappa shape index (κ3) is 3.64. The van der Waals surface area contributed by atoms with Gasteiger partial charge in [-0.2, -0.15) is 0 Å². The van der Waals surface area contributed by atoms with Crippen molar-refractivity contribution in [3.63, 3.8) is 0 Å². The normalized spacial score (nSPS) is 26.9. The van der Waals surface area contributed by atoms with Gasteiger partial charge in [-0.15, -0.1) is 12.4 Å². The molecule has 1 saturated carbocycles. The summed E-state index contributed by atoms with van der Waals surface area (Å²) in [6.07, 6.45) is 6.22. The Morgan fingerprint density at radius 1 is 1.27 bits per heavy atom. The molecule has 0 spiro atoms. The first-order valence-electron chi connectivity index (χ1n) is 8.20. The molecule has 2 fully saturated rings. The van der Waals surface area contributed by atoms with Gasteiger partial charge in [0.2, 0.25) is 5.91 Å². The Bertz CT molecular complexity index is 506. The molecule has 0 bridgehead atoms. The molecule has 1 aliphatic heterocycles. The Kier molecular flexibility index (Phi) is 5.87. The molecular weight excluding hydrogens is 296 g/mol. The van der Waals surface area contributed by atoms with Crippen LogP contribution in [0.5, 0.6) is 0 Å². The smallest absolute Gasteiger partial charge is 0.239 e. The fourth-order valence-corrected chi connectivity index (χ4v) is 3.90. The second kappa shape index (κ2) is 7.47. The van der Waals surface area contributed by atoms with Crippen LogP contribution in [0.3, 0.4) is 0 Å². The lowest BCUT2D eigenvalue weighted by Crippen LogP contribution is -2.43. The van der Waals surface area contributed by atoms with Gasteiger partial charge >= 0.3 is 0 Å². The maximum absolute atomic E-state index is 12.7. The molecule has 1 aliphatic carbocycles. The first kappa shape index (κ1) is 17.3. The van der Waals surface area contributed by atoms with E-state index in [1.165, 1.54) is 36.8 Å². The van der Waals surface area contributed by atoms with Crippen LogP contribution in [0.2, 0.25) is 0 Å². The van der Waals surface area contributed by atoms with Crippen LogP contribution in [-0.2, 0) is 11.3 Å². The van der Waals surface area contributed by atoms with Gasteiger partial charge in [0.25, 0.3) is 0 Å². The SMILES string of the molecule is Cc1ccccc1CN(C)C(=O)C1CC2CCCCC2N1.Cl. The molecule has 3 nitrogen and oxygen atoms in total. The number of hydrogen-bond donors (Lipinski definition) is 1. The maximum Gasteiger partial charge on any atom is 0.239 e. The van der Waals surface area contributed by atoms with E-state index < -0.39 is 0 Å². The number of carbonyl (C=O) groups is 1. The lowest BCUT2D eigenvalue weighted by molar-refractivity contribution is -0.132. The van der Waals surface area contributed by atoms with Crippen molar-refractivity contribution < 1.29 is 4.79 Å². The first-order chi connectivity index (χ1) is 10.1. The number of fused-ring (bicyclic) bond motifs is 1. The fraction of sp³-hybridized carbons (Fsp3) is 0.611. The molecular formula is C18H27ClN2O. The molecule has 1 amide bonds. The van der Waals surface area contributed by atoms with Crippen molar-refractivity contribution in [2.24, 2.45) is 5.92 Å². The van der Waals surface area contributed by atoms with Crippen LogP contribution in [-0.4, -0.2) is 29.9 Å². The topological polar surface area (TPSA) is 32.3 Å². The number of nitrogens with one attached hydrogen (secondary N) is 1. The van der Waals surface area contributed by atoms with E-state index >= 15 is 0 Å². The van der Waals surface area contributed by atoms with Crippen molar-refractivity contribution in [1.29, 1.82) is 0 Å². The minimum atomic E-state index is 0. The van der Waals surface area contributed by atoms with E-state index in [0.29, 0.717) is 12.6 Å². The minimum Gasteiger partial charge on any atom is -0.340 e. The second-order valence-electron chi connectivity index (χ2n) is 6.73. The molecule has 0 radical (unpaired) electrons. The van der Waals surface area contributed by atoms with Gasteiger partial charge in [-0.3, -0.25) is 4.79 Å². The summed E-state index contributed by atoms with van der Waals surface area (Å²) in [7, 11) is 1.93. The van der Waals surface area contributed by atoms with Crippen molar-refractivity contribution in [3.8, 4) is 0 Å². The quantitative estimate of drug-likeness (QED) is 0.926. The molecule has 1 N–H and O–H groups in total. The highest BCUT2D eigenvalue weighted by atomic mass is 35.5. The Morgan fingerprint density at radius 2 is 2.00 bits per heavy atom. The van der Waals surface area contributed by atoms with Crippen molar-refractivity contribution in [2.75, 3.05) is 7.05 Å². The van der Waals surface area contributed by atoms with Crippen molar-refractivity contribution in [2.45, 2.75) is 57.7 Å². The Balaban J connectivity index is 0.00000176. The highest BCUT2D eigenvalue weighted by Crippen LogP contribution is 2.33. The average molecular weight is 323 g/mol. The zero-order chi connectivity index (χ0) is 14.8. The number of likely N-dealkylation sites (N-methyl/N-ethyl adjacent to an activating group) is 1. The van der Waals surface area contributed by atoms with E-state index in [-0.39, 0.29) is 24.4 Å². The minimum absolute atomic E-state index is 0. The van der Waals surface area contributed by atoms with E-state index in [1.807, 2.05) is 24.1 Å².